The lowest BCUT2D eigenvalue weighted by Crippen LogP contribution is -2.33. The van der Waals surface area contributed by atoms with E-state index in [1.54, 1.807) is 0 Å². The molecule has 0 amide bonds. The summed E-state index contributed by atoms with van der Waals surface area (Å²) in [6.45, 7) is 3.56. The highest BCUT2D eigenvalue weighted by molar-refractivity contribution is 5.23. The van der Waals surface area contributed by atoms with Crippen molar-refractivity contribution >= 4 is 0 Å². The molecule has 1 unspecified atom stereocenters. The van der Waals surface area contributed by atoms with E-state index in [2.05, 4.69) is 42.6 Å². The van der Waals surface area contributed by atoms with Crippen LogP contribution in [-0.2, 0) is 0 Å². The van der Waals surface area contributed by atoms with E-state index in [0.717, 1.165) is 5.92 Å². The molecular weight excluding hydrogens is 218 g/mol. The van der Waals surface area contributed by atoms with Crippen LogP contribution in [0.15, 0.2) is 30.3 Å². The highest BCUT2D eigenvalue weighted by Crippen LogP contribution is 2.52. The first-order chi connectivity index (χ1) is 8.84. The van der Waals surface area contributed by atoms with Crippen LogP contribution in [0.1, 0.15) is 57.1 Å². The smallest absolute Gasteiger partial charge is 0.0377 e. The molecule has 1 heterocycles. The molecule has 1 N–H and O–H groups in total. The topological polar surface area (TPSA) is 12.0 Å². The Balaban J connectivity index is 1.79. The molecule has 2 aliphatic rings. The van der Waals surface area contributed by atoms with E-state index < -0.39 is 0 Å². The first kappa shape index (κ1) is 12.2. The van der Waals surface area contributed by atoms with Gasteiger partial charge in [0.05, 0.1) is 0 Å². The fraction of sp³-hybridized carbons (Fsp3) is 0.647. The quantitative estimate of drug-likeness (QED) is 0.816. The zero-order valence-corrected chi connectivity index (χ0v) is 11.5. The average Bonchev–Trinajstić information content (AvgIpc) is 2.84. The molecule has 98 valence electrons. The van der Waals surface area contributed by atoms with Crippen molar-refractivity contribution in [2.24, 2.45) is 11.3 Å². The molecule has 18 heavy (non-hydrogen) atoms. The number of nitrogens with one attached hydrogen (secondary N) is 1. The number of benzene rings is 1. The molecule has 0 aromatic heterocycles. The van der Waals surface area contributed by atoms with Gasteiger partial charge in [-0.3, -0.25) is 0 Å². The molecular formula is C17H25N. The molecule has 1 aliphatic heterocycles. The second-order valence-corrected chi connectivity index (χ2v) is 6.26. The third-order valence-electron chi connectivity index (χ3n) is 5.39. The van der Waals surface area contributed by atoms with E-state index in [9.17, 15) is 0 Å². The van der Waals surface area contributed by atoms with Gasteiger partial charge >= 0.3 is 0 Å². The molecule has 0 bridgehead atoms. The Morgan fingerprint density at radius 2 is 1.83 bits per heavy atom. The molecule has 3 rings (SSSR count). The zero-order valence-electron chi connectivity index (χ0n) is 11.5. The molecule has 1 aliphatic carbocycles. The molecule has 0 radical (unpaired) electrons. The minimum atomic E-state index is 0.563. The third kappa shape index (κ3) is 2.09. The molecule has 2 fully saturated rings. The molecule has 1 spiro atoms. The molecule has 1 atom stereocenters. The third-order valence-corrected chi connectivity index (χ3v) is 5.39. The fourth-order valence-corrected chi connectivity index (χ4v) is 4.14. The summed E-state index contributed by atoms with van der Waals surface area (Å²) in [5, 5.41) is 3.77. The first-order valence-corrected chi connectivity index (χ1v) is 7.62. The van der Waals surface area contributed by atoms with Gasteiger partial charge in [0, 0.05) is 6.04 Å². The summed E-state index contributed by atoms with van der Waals surface area (Å²) in [7, 11) is 0. The van der Waals surface area contributed by atoms with Crippen LogP contribution >= 0.6 is 0 Å². The van der Waals surface area contributed by atoms with E-state index in [0.29, 0.717) is 11.5 Å². The Labute approximate surface area is 111 Å². The molecule has 1 saturated heterocycles. The van der Waals surface area contributed by atoms with Gasteiger partial charge in [0.15, 0.2) is 0 Å². The fourth-order valence-electron chi connectivity index (χ4n) is 4.14. The van der Waals surface area contributed by atoms with Crippen LogP contribution in [-0.4, -0.2) is 6.54 Å². The van der Waals surface area contributed by atoms with Gasteiger partial charge in [0.25, 0.3) is 0 Å². The number of rotatable bonds is 2. The predicted octanol–water partition coefficient (Wildman–Crippen LogP) is 4.31. The second-order valence-electron chi connectivity index (χ2n) is 6.26. The Kier molecular flexibility index (Phi) is 3.43. The second kappa shape index (κ2) is 5.05. The molecule has 1 heteroatoms. The summed E-state index contributed by atoms with van der Waals surface area (Å²) >= 11 is 0. The summed E-state index contributed by atoms with van der Waals surface area (Å²) in [6, 6.07) is 11.7. The van der Waals surface area contributed by atoms with E-state index in [1.165, 1.54) is 50.6 Å². The van der Waals surface area contributed by atoms with Crippen LogP contribution in [0.3, 0.4) is 0 Å². The lowest BCUT2D eigenvalue weighted by atomic mass is 9.64. The van der Waals surface area contributed by atoms with E-state index >= 15 is 0 Å². The summed E-state index contributed by atoms with van der Waals surface area (Å²) in [4.78, 5) is 0. The van der Waals surface area contributed by atoms with Gasteiger partial charge in [0.1, 0.15) is 0 Å². The SMILES string of the molecule is CCC1CCC2(CCNC2c2ccccc2)CC1. The molecule has 1 aromatic carbocycles. The maximum atomic E-state index is 3.77. The van der Waals surface area contributed by atoms with Crippen molar-refractivity contribution in [3.8, 4) is 0 Å². The van der Waals surface area contributed by atoms with Crippen LogP contribution in [0.25, 0.3) is 0 Å². The minimum Gasteiger partial charge on any atom is -0.309 e. The Morgan fingerprint density at radius 1 is 1.11 bits per heavy atom. The standard InChI is InChI=1S/C17H25N/c1-2-14-8-10-17(11-9-14)12-13-18-16(17)15-6-4-3-5-7-15/h3-7,14,16,18H,2,8-13H2,1H3. The lowest BCUT2D eigenvalue weighted by Gasteiger charge is -2.41. The van der Waals surface area contributed by atoms with Gasteiger partial charge in [-0.25, -0.2) is 0 Å². The van der Waals surface area contributed by atoms with Gasteiger partial charge in [-0.1, -0.05) is 43.7 Å². The van der Waals surface area contributed by atoms with Crippen molar-refractivity contribution < 1.29 is 0 Å². The molecule has 1 aromatic rings. The van der Waals surface area contributed by atoms with Crippen molar-refractivity contribution in [1.82, 2.24) is 5.32 Å². The zero-order chi connectivity index (χ0) is 12.4. The van der Waals surface area contributed by atoms with Gasteiger partial charge in [-0.15, -0.1) is 0 Å². The summed E-state index contributed by atoms with van der Waals surface area (Å²) in [6.07, 6.45) is 8.50. The summed E-state index contributed by atoms with van der Waals surface area (Å²) in [5.74, 6) is 0.993. The minimum absolute atomic E-state index is 0.563. The van der Waals surface area contributed by atoms with Crippen LogP contribution in [0.4, 0.5) is 0 Å². The van der Waals surface area contributed by atoms with Crippen molar-refractivity contribution in [2.45, 2.75) is 51.5 Å². The monoisotopic (exact) mass is 243 g/mol. The van der Waals surface area contributed by atoms with Gasteiger partial charge in [-0.05, 0) is 55.5 Å². The average molecular weight is 243 g/mol. The van der Waals surface area contributed by atoms with Gasteiger partial charge < -0.3 is 5.32 Å². The number of hydrogen-bond acceptors (Lipinski definition) is 1. The van der Waals surface area contributed by atoms with Gasteiger partial charge in [-0.2, -0.15) is 0 Å². The van der Waals surface area contributed by atoms with Crippen LogP contribution < -0.4 is 5.32 Å². The first-order valence-electron chi connectivity index (χ1n) is 7.62. The maximum Gasteiger partial charge on any atom is 0.0377 e. The Bertz CT molecular complexity index is 376. The summed E-state index contributed by atoms with van der Waals surface area (Å²) < 4.78 is 0. The Morgan fingerprint density at radius 3 is 2.50 bits per heavy atom. The highest BCUT2D eigenvalue weighted by atomic mass is 15.0. The largest absolute Gasteiger partial charge is 0.309 e. The van der Waals surface area contributed by atoms with Crippen molar-refractivity contribution in [3.05, 3.63) is 35.9 Å². The highest BCUT2D eigenvalue weighted by Gasteiger charge is 2.45. The van der Waals surface area contributed by atoms with Crippen LogP contribution in [0.2, 0.25) is 0 Å². The Hall–Kier alpha value is -0.820. The van der Waals surface area contributed by atoms with Crippen LogP contribution in [0.5, 0.6) is 0 Å². The number of hydrogen-bond donors (Lipinski definition) is 1. The van der Waals surface area contributed by atoms with Crippen LogP contribution in [0, 0.1) is 11.3 Å². The van der Waals surface area contributed by atoms with Crippen molar-refractivity contribution in [2.75, 3.05) is 6.54 Å². The molecule has 1 nitrogen and oxygen atoms in total. The van der Waals surface area contributed by atoms with E-state index in [-0.39, 0.29) is 0 Å². The maximum absolute atomic E-state index is 3.77. The predicted molar refractivity (Wildman–Crippen MR) is 76.5 cm³/mol. The summed E-state index contributed by atoms with van der Waals surface area (Å²) in [5.41, 5.74) is 2.07. The lowest BCUT2D eigenvalue weighted by molar-refractivity contribution is 0.128. The van der Waals surface area contributed by atoms with E-state index in [1.807, 2.05) is 0 Å². The van der Waals surface area contributed by atoms with Crippen molar-refractivity contribution in [1.29, 1.82) is 0 Å². The molecule has 1 saturated carbocycles. The van der Waals surface area contributed by atoms with Crippen molar-refractivity contribution in [3.63, 3.8) is 0 Å². The van der Waals surface area contributed by atoms with Gasteiger partial charge in [0.2, 0.25) is 0 Å². The van der Waals surface area contributed by atoms with E-state index in [4.69, 9.17) is 0 Å². The normalized spacial score (nSPS) is 36.1.